The molecule has 0 unspecified atom stereocenters. The lowest BCUT2D eigenvalue weighted by molar-refractivity contribution is -0.120. The molecule has 1 amide bonds. The Morgan fingerprint density at radius 2 is 1.71 bits per heavy atom. The van der Waals surface area contributed by atoms with Crippen molar-refractivity contribution in [1.29, 1.82) is 0 Å². The van der Waals surface area contributed by atoms with E-state index in [9.17, 15) is 4.79 Å². The van der Waals surface area contributed by atoms with Crippen LogP contribution in [0.4, 0.5) is 5.69 Å². The van der Waals surface area contributed by atoms with Gasteiger partial charge in [-0.15, -0.1) is 0 Å². The zero-order valence-corrected chi connectivity index (χ0v) is 13.8. The number of hydrogen-bond donors (Lipinski definition) is 1. The highest BCUT2D eigenvalue weighted by molar-refractivity contribution is 5.83. The predicted octanol–water partition coefficient (Wildman–Crippen LogP) is 3.37. The molecule has 2 aromatic rings. The van der Waals surface area contributed by atoms with Crippen LogP contribution in [0.1, 0.15) is 30.4 Å². The Morgan fingerprint density at radius 3 is 2.42 bits per heavy atom. The van der Waals surface area contributed by atoms with Crippen LogP contribution in [-0.4, -0.2) is 25.2 Å². The molecule has 4 heteroatoms. The fourth-order valence-corrected chi connectivity index (χ4v) is 2.92. The molecule has 4 nitrogen and oxygen atoms in total. The Hall–Kier alpha value is -2.62. The van der Waals surface area contributed by atoms with E-state index >= 15 is 0 Å². The number of carbonyl (C=O) groups excluding carboxylic acids is 1. The molecule has 0 aliphatic carbocycles. The lowest BCUT2D eigenvalue weighted by atomic mass is 10.1. The van der Waals surface area contributed by atoms with E-state index in [0.29, 0.717) is 6.42 Å². The molecule has 2 aromatic carbocycles. The summed E-state index contributed by atoms with van der Waals surface area (Å²) in [7, 11) is 0. The summed E-state index contributed by atoms with van der Waals surface area (Å²) in [5.74, 6) is -0.109. The van der Waals surface area contributed by atoms with E-state index in [-0.39, 0.29) is 5.91 Å². The van der Waals surface area contributed by atoms with Gasteiger partial charge in [-0.1, -0.05) is 42.5 Å². The van der Waals surface area contributed by atoms with E-state index < -0.39 is 0 Å². The number of carbonyl (C=O) groups is 1. The summed E-state index contributed by atoms with van der Waals surface area (Å²) in [5, 5.41) is 4.04. The van der Waals surface area contributed by atoms with Gasteiger partial charge in [0.15, 0.2) is 0 Å². The summed E-state index contributed by atoms with van der Waals surface area (Å²) in [6.07, 6.45) is 5.91. The zero-order valence-electron chi connectivity index (χ0n) is 13.8. The third-order valence-electron chi connectivity index (χ3n) is 4.22. The number of anilines is 1. The molecule has 1 heterocycles. The van der Waals surface area contributed by atoms with E-state index in [1.54, 1.807) is 6.21 Å². The highest BCUT2D eigenvalue weighted by Crippen LogP contribution is 2.19. The van der Waals surface area contributed by atoms with E-state index in [0.717, 1.165) is 24.2 Å². The molecular formula is C20H23N3O. The number of hydrogen-bond acceptors (Lipinski definition) is 3. The molecule has 0 spiro atoms. The van der Waals surface area contributed by atoms with Gasteiger partial charge in [0.25, 0.3) is 0 Å². The number of hydrazone groups is 1. The first-order valence-electron chi connectivity index (χ1n) is 8.52. The lowest BCUT2D eigenvalue weighted by Crippen LogP contribution is -2.29. The van der Waals surface area contributed by atoms with Crippen LogP contribution in [0.15, 0.2) is 59.7 Å². The number of nitrogens with zero attached hydrogens (tertiary/aromatic N) is 2. The highest BCUT2D eigenvalue weighted by Gasteiger charge is 2.10. The van der Waals surface area contributed by atoms with Crippen LogP contribution in [0.5, 0.6) is 0 Å². The Balaban J connectivity index is 1.50. The number of amides is 1. The van der Waals surface area contributed by atoms with Gasteiger partial charge >= 0.3 is 0 Å². The average Bonchev–Trinajstić information content (AvgIpc) is 2.64. The average molecular weight is 321 g/mol. The first kappa shape index (κ1) is 16.2. The Kier molecular flexibility index (Phi) is 5.61. The van der Waals surface area contributed by atoms with Crippen molar-refractivity contribution >= 4 is 17.8 Å². The van der Waals surface area contributed by atoms with Crippen LogP contribution in [-0.2, 0) is 11.2 Å². The van der Waals surface area contributed by atoms with Crippen LogP contribution in [0.2, 0.25) is 0 Å². The molecule has 1 saturated heterocycles. The van der Waals surface area contributed by atoms with Crippen molar-refractivity contribution in [2.24, 2.45) is 5.10 Å². The van der Waals surface area contributed by atoms with Gasteiger partial charge in [-0.3, -0.25) is 4.79 Å². The number of nitrogens with one attached hydrogen (secondary N) is 1. The standard InChI is InChI=1S/C20H23N3O/c24-20(15-17-7-3-1-4-8-17)22-21-16-18-9-11-19(12-10-18)23-13-5-2-6-14-23/h1,3-4,7-12,16H,2,5-6,13-15H2,(H,22,24)/b21-16-. The normalized spacial score (nSPS) is 14.8. The summed E-state index contributed by atoms with van der Waals surface area (Å²) in [5.41, 5.74) is 5.81. The van der Waals surface area contributed by atoms with Crippen LogP contribution in [0.3, 0.4) is 0 Å². The van der Waals surface area contributed by atoms with Gasteiger partial charge < -0.3 is 4.90 Å². The van der Waals surface area contributed by atoms with E-state index in [2.05, 4.69) is 27.6 Å². The number of benzene rings is 2. The minimum absolute atomic E-state index is 0.109. The first-order chi connectivity index (χ1) is 11.8. The van der Waals surface area contributed by atoms with Crippen LogP contribution >= 0.6 is 0 Å². The highest BCUT2D eigenvalue weighted by atomic mass is 16.2. The molecule has 0 bridgehead atoms. The van der Waals surface area contributed by atoms with Crippen molar-refractivity contribution in [3.05, 3.63) is 65.7 Å². The number of piperidine rings is 1. The smallest absolute Gasteiger partial charge is 0.244 e. The fraction of sp³-hybridized carbons (Fsp3) is 0.300. The quantitative estimate of drug-likeness (QED) is 0.678. The second-order valence-electron chi connectivity index (χ2n) is 6.09. The molecule has 1 N–H and O–H groups in total. The summed E-state index contributed by atoms with van der Waals surface area (Å²) in [4.78, 5) is 14.3. The Morgan fingerprint density at radius 1 is 1.00 bits per heavy atom. The van der Waals surface area contributed by atoms with Crippen molar-refractivity contribution in [2.75, 3.05) is 18.0 Å². The van der Waals surface area contributed by atoms with Crippen LogP contribution < -0.4 is 10.3 Å². The summed E-state index contributed by atoms with van der Waals surface area (Å²) in [6, 6.07) is 18.0. The molecule has 124 valence electrons. The minimum atomic E-state index is -0.109. The van der Waals surface area contributed by atoms with E-state index in [1.807, 2.05) is 42.5 Å². The SMILES string of the molecule is O=C(Cc1ccccc1)N/N=C\c1ccc(N2CCCCC2)cc1. The molecule has 0 atom stereocenters. The van der Waals surface area contributed by atoms with Crippen LogP contribution in [0, 0.1) is 0 Å². The minimum Gasteiger partial charge on any atom is -0.372 e. The summed E-state index contributed by atoms with van der Waals surface area (Å²) in [6.45, 7) is 2.28. The predicted molar refractivity (Wildman–Crippen MR) is 98.4 cm³/mol. The van der Waals surface area contributed by atoms with Gasteiger partial charge in [0.1, 0.15) is 0 Å². The van der Waals surface area contributed by atoms with E-state index in [4.69, 9.17) is 0 Å². The molecule has 24 heavy (non-hydrogen) atoms. The van der Waals surface area contributed by atoms with Gasteiger partial charge in [0.2, 0.25) is 5.91 Å². The van der Waals surface area contributed by atoms with Crippen molar-refractivity contribution in [2.45, 2.75) is 25.7 Å². The van der Waals surface area contributed by atoms with E-state index in [1.165, 1.54) is 24.9 Å². The van der Waals surface area contributed by atoms with Crippen molar-refractivity contribution in [3.8, 4) is 0 Å². The third kappa shape index (κ3) is 4.69. The third-order valence-corrected chi connectivity index (χ3v) is 4.22. The Bertz CT molecular complexity index is 674. The second kappa shape index (κ2) is 8.29. The van der Waals surface area contributed by atoms with Gasteiger partial charge in [-0.25, -0.2) is 5.43 Å². The maximum absolute atomic E-state index is 11.8. The molecule has 0 aromatic heterocycles. The molecule has 1 fully saturated rings. The molecule has 1 aliphatic rings. The summed E-state index contributed by atoms with van der Waals surface area (Å²) < 4.78 is 0. The zero-order chi connectivity index (χ0) is 16.6. The van der Waals surface area contributed by atoms with Crippen molar-refractivity contribution in [1.82, 2.24) is 5.43 Å². The topological polar surface area (TPSA) is 44.7 Å². The molecule has 1 aliphatic heterocycles. The second-order valence-corrected chi connectivity index (χ2v) is 6.09. The summed E-state index contributed by atoms with van der Waals surface area (Å²) >= 11 is 0. The van der Waals surface area contributed by atoms with Gasteiger partial charge in [0, 0.05) is 18.8 Å². The van der Waals surface area contributed by atoms with Gasteiger partial charge in [-0.05, 0) is 42.5 Å². The maximum atomic E-state index is 11.8. The first-order valence-corrected chi connectivity index (χ1v) is 8.52. The lowest BCUT2D eigenvalue weighted by Gasteiger charge is -2.28. The molecule has 3 rings (SSSR count). The Labute approximate surface area is 143 Å². The van der Waals surface area contributed by atoms with Crippen LogP contribution in [0.25, 0.3) is 0 Å². The van der Waals surface area contributed by atoms with Crippen molar-refractivity contribution < 1.29 is 4.79 Å². The van der Waals surface area contributed by atoms with Gasteiger partial charge in [0.05, 0.1) is 12.6 Å². The maximum Gasteiger partial charge on any atom is 0.244 e. The molecule has 0 radical (unpaired) electrons. The molecule has 0 saturated carbocycles. The monoisotopic (exact) mass is 321 g/mol. The number of rotatable bonds is 5. The van der Waals surface area contributed by atoms with Gasteiger partial charge in [-0.2, -0.15) is 5.10 Å². The van der Waals surface area contributed by atoms with Crippen molar-refractivity contribution in [3.63, 3.8) is 0 Å². The fourth-order valence-electron chi connectivity index (χ4n) is 2.92. The largest absolute Gasteiger partial charge is 0.372 e. The molecular weight excluding hydrogens is 298 g/mol.